The third-order valence-corrected chi connectivity index (χ3v) is 4.21. The fourth-order valence-corrected chi connectivity index (χ4v) is 2.97. The molecule has 0 radical (unpaired) electrons. The van der Waals surface area contributed by atoms with Gasteiger partial charge >= 0.3 is 11.6 Å². The second kappa shape index (κ2) is 7.87. The Bertz CT molecular complexity index is 959. The van der Waals surface area contributed by atoms with Gasteiger partial charge in [-0.15, -0.1) is 0 Å². The summed E-state index contributed by atoms with van der Waals surface area (Å²) in [5.41, 5.74) is 0.458. The highest BCUT2D eigenvalue weighted by Gasteiger charge is 2.27. The minimum atomic E-state index is -0.654. The number of hydrogen-bond acceptors (Lipinski definition) is 5. The fourth-order valence-electron chi connectivity index (χ4n) is 2.97. The summed E-state index contributed by atoms with van der Waals surface area (Å²) >= 11 is 0. The molecule has 0 amide bonds. The van der Waals surface area contributed by atoms with Crippen LogP contribution in [0.4, 0.5) is 0 Å². The van der Waals surface area contributed by atoms with E-state index >= 15 is 0 Å². The minimum absolute atomic E-state index is 0.0549. The van der Waals surface area contributed by atoms with Gasteiger partial charge in [-0.3, -0.25) is 4.79 Å². The van der Waals surface area contributed by atoms with Crippen LogP contribution in [0.25, 0.3) is 11.0 Å². The van der Waals surface area contributed by atoms with Gasteiger partial charge < -0.3 is 14.3 Å². The van der Waals surface area contributed by atoms with Crippen molar-refractivity contribution in [1.29, 1.82) is 0 Å². The SMILES string of the molecule is CCCOC(=O)CC(c1ccccc1)c1c(O)c2ccccc2oc1=O. The Morgan fingerprint density at radius 2 is 1.81 bits per heavy atom. The molecule has 0 aliphatic heterocycles. The number of esters is 1. The first-order chi connectivity index (χ1) is 12.6. The van der Waals surface area contributed by atoms with Gasteiger partial charge in [0.25, 0.3) is 0 Å². The van der Waals surface area contributed by atoms with Crippen LogP contribution in [0.15, 0.2) is 63.8 Å². The van der Waals surface area contributed by atoms with Gasteiger partial charge in [0, 0.05) is 5.92 Å². The molecule has 0 saturated heterocycles. The van der Waals surface area contributed by atoms with Crippen LogP contribution in [-0.4, -0.2) is 17.7 Å². The van der Waals surface area contributed by atoms with Crippen LogP contribution in [0.2, 0.25) is 0 Å². The van der Waals surface area contributed by atoms with E-state index in [1.165, 1.54) is 0 Å². The van der Waals surface area contributed by atoms with Gasteiger partial charge in [-0.25, -0.2) is 4.79 Å². The standard InChI is InChI=1S/C21H20O5/c1-2-12-25-18(22)13-16(14-8-4-3-5-9-14)19-20(23)15-10-6-7-11-17(15)26-21(19)24/h3-11,16,23H,2,12-13H2,1H3. The Kier molecular flexibility index (Phi) is 5.37. The van der Waals surface area contributed by atoms with Crippen molar-refractivity contribution >= 4 is 16.9 Å². The number of benzene rings is 2. The zero-order valence-corrected chi connectivity index (χ0v) is 14.5. The molecular weight excluding hydrogens is 332 g/mol. The summed E-state index contributed by atoms with van der Waals surface area (Å²) in [5.74, 6) is -1.23. The summed E-state index contributed by atoms with van der Waals surface area (Å²) in [6.07, 6.45) is 0.659. The van der Waals surface area contributed by atoms with Crippen LogP contribution in [0.5, 0.6) is 5.75 Å². The van der Waals surface area contributed by atoms with E-state index in [0.717, 1.165) is 5.56 Å². The van der Waals surface area contributed by atoms with Gasteiger partial charge in [0.15, 0.2) is 0 Å². The molecule has 1 aromatic heterocycles. The van der Waals surface area contributed by atoms with Gasteiger partial charge in [-0.05, 0) is 24.1 Å². The zero-order chi connectivity index (χ0) is 18.5. The second-order valence-electron chi connectivity index (χ2n) is 6.04. The molecule has 0 aliphatic rings. The second-order valence-corrected chi connectivity index (χ2v) is 6.04. The smallest absolute Gasteiger partial charge is 0.343 e. The number of carbonyl (C=O) groups excluding carboxylic acids is 1. The molecule has 2 aromatic carbocycles. The molecule has 1 heterocycles. The van der Waals surface area contributed by atoms with Crippen LogP contribution in [0, 0.1) is 0 Å². The van der Waals surface area contributed by atoms with Crippen molar-refractivity contribution in [1.82, 2.24) is 0 Å². The zero-order valence-electron chi connectivity index (χ0n) is 14.5. The lowest BCUT2D eigenvalue weighted by atomic mass is 9.88. The lowest BCUT2D eigenvalue weighted by molar-refractivity contribution is -0.143. The van der Waals surface area contributed by atoms with Gasteiger partial charge in [-0.2, -0.15) is 0 Å². The normalized spacial score (nSPS) is 12.0. The molecule has 0 bridgehead atoms. The molecule has 5 heteroatoms. The van der Waals surface area contributed by atoms with Crippen molar-refractivity contribution in [2.45, 2.75) is 25.7 Å². The molecule has 26 heavy (non-hydrogen) atoms. The van der Waals surface area contributed by atoms with E-state index < -0.39 is 17.5 Å². The lowest BCUT2D eigenvalue weighted by Crippen LogP contribution is -2.18. The molecule has 0 spiro atoms. The summed E-state index contributed by atoms with van der Waals surface area (Å²) in [5, 5.41) is 11.2. The number of fused-ring (bicyclic) bond motifs is 1. The first kappa shape index (κ1) is 17.7. The van der Waals surface area contributed by atoms with Crippen molar-refractivity contribution in [3.8, 4) is 5.75 Å². The quantitative estimate of drug-likeness (QED) is 0.536. The van der Waals surface area contributed by atoms with E-state index in [0.29, 0.717) is 24.0 Å². The Morgan fingerprint density at radius 3 is 2.54 bits per heavy atom. The topological polar surface area (TPSA) is 76.7 Å². The molecule has 5 nitrogen and oxygen atoms in total. The van der Waals surface area contributed by atoms with E-state index in [-0.39, 0.29) is 17.7 Å². The van der Waals surface area contributed by atoms with Crippen molar-refractivity contribution < 1.29 is 19.1 Å². The molecule has 0 saturated carbocycles. The molecule has 0 aliphatic carbocycles. The number of carbonyl (C=O) groups is 1. The summed E-state index contributed by atoms with van der Waals surface area (Å²) in [6, 6.07) is 15.9. The highest BCUT2D eigenvalue weighted by molar-refractivity contribution is 5.84. The third kappa shape index (κ3) is 3.61. The molecule has 1 atom stereocenters. The number of rotatable bonds is 6. The Balaban J connectivity index is 2.11. The highest BCUT2D eigenvalue weighted by Crippen LogP contribution is 2.36. The average Bonchev–Trinajstić information content (AvgIpc) is 2.66. The minimum Gasteiger partial charge on any atom is -0.507 e. The van der Waals surface area contributed by atoms with Crippen LogP contribution in [0.3, 0.4) is 0 Å². The maximum Gasteiger partial charge on any atom is 0.343 e. The van der Waals surface area contributed by atoms with Gasteiger partial charge in [0.2, 0.25) is 0 Å². The molecule has 134 valence electrons. The van der Waals surface area contributed by atoms with E-state index in [9.17, 15) is 14.7 Å². The van der Waals surface area contributed by atoms with Crippen LogP contribution >= 0.6 is 0 Å². The molecule has 0 fully saturated rings. The predicted octanol–water partition coefficient (Wildman–Crippen LogP) is 3.97. The van der Waals surface area contributed by atoms with Gasteiger partial charge in [0.1, 0.15) is 11.3 Å². The van der Waals surface area contributed by atoms with Crippen molar-refractivity contribution in [2.24, 2.45) is 0 Å². The van der Waals surface area contributed by atoms with E-state index in [1.54, 1.807) is 24.3 Å². The molecular formula is C21H20O5. The van der Waals surface area contributed by atoms with Gasteiger partial charge in [-0.1, -0.05) is 49.4 Å². The van der Waals surface area contributed by atoms with E-state index in [2.05, 4.69) is 0 Å². The first-order valence-electron chi connectivity index (χ1n) is 8.57. The maximum atomic E-state index is 12.6. The Morgan fingerprint density at radius 1 is 1.12 bits per heavy atom. The summed E-state index contributed by atoms with van der Waals surface area (Å²) in [4.78, 5) is 24.8. The van der Waals surface area contributed by atoms with Crippen molar-refractivity contribution in [2.75, 3.05) is 6.61 Å². The maximum absolute atomic E-state index is 12.6. The number of aromatic hydroxyl groups is 1. The summed E-state index contributed by atoms with van der Waals surface area (Å²) in [7, 11) is 0. The molecule has 3 aromatic rings. The molecule has 1 unspecified atom stereocenters. The fraction of sp³-hybridized carbons (Fsp3) is 0.238. The monoisotopic (exact) mass is 352 g/mol. The predicted molar refractivity (Wildman–Crippen MR) is 98.3 cm³/mol. The number of para-hydroxylation sites is 1. The largest absolute Gasteiger partial charge is 0.507 e. The first-order valence-corrected chi connectivity index (χ1v) is 8.57. The van der Waals surface area contributed by atoms with Crippen LogP contribution in [0.1, 0.15) is 36.8 Å². The Labute approximate surface area is 150 Å². The molecule has 1 N–H and O–H groups in total. The van der Waals surface area contributed by atoms with Crippen molar-refractivity contribution in [3.05, 3.63) is 76.1 Å². The molecule has 3 rings (SSSR count). The summed E-state index contributed by atoms with van der Waals surface area (Å²) < 4.78 is 10.5. The van der Waals surface area contributed by atoms with Crippen LogP contribution in [-0.2, 0) is 9.53 Å². The highest BCUT2D eigenvalue weighted by atomic mass is 16.5. The van der Waals surface area contributed by atoms with Gasteiger partial charge in [0.05, 0.1) is 24.0 Å². The van der Waals surface area contributed by atoms with E-state index in [1.807, 2.05) is 37.3 Å². The Hall–Kier alpha value is -3.08. The average molecular weight is 352 g/mol. The summed E-state index contributed by atoms with van der Waals surface area (Å²) in [6.45, 7) is 2.23. The van der Waals surface area contributed by atoms with Crippen molar-refractivity contribution in [3.63, 3.8) is 0 Å². The van der Waals surface area contributed by atoms with E-state index in [4.69, 9.17) is 9.15 Å². The van der Waals surface area contributed by atoms with Crippen LogP contribution < -0.4 is 5.63 Å². The number of ether oxygens (including phenoxy) is 1. The number of hydrogen-bond donors (Lipinski definition) is 1. The third-order valence-electron chi connectivity index (χ3n) is 4.21. The lowest BCUT2D eigenvalue weighted by Gasteiger charge is -2.18.